The Bertz CT molecular complexity index is 1240. The number of likely N-dealkylation sites (tertiary alicyclic amines) is 1. The first-order chi connectivity index (χ1) is 16.2. The van der Waals surface area contributed by atoms with Gasteiger partial charge in [-0.05, 0) is 92.0 Å². The second-order valence-electron chi connectivity index (χ2n) is 8.28. The third-order valence-corrected chi connectivity index (χ3v) is 6.87. The summed E-state index contributed by atoms with van der Waals surface area (Å²) in [6, 6.07) is 19.8. The van der Waals surface area contributed by atoms with Gasteiger partial charge in [0.2, 0.25) is 0 Å². The molecule has 1 aliphatic rings. The predicted molar refractivity (Wildman–Crippen MR) is 138 cm³/mol. The molecule has 34 heavy (non-hydrogen) atoms. The van der Waals surface area contributed by atoms with Gasteiger partial charge in [0.25, 0.3) is 0 Å². The van der Waals surface area contributed by atoms with Gasteiger partial charge in [0.1, 0.15) is 29.6 Å². The van der Waals surface area contributed by atoms with E-state index in [9.17, 15) is 9.50 Å². The van der Waals surface area contributed by atoms with Crippen LogP contribution in [0.2, 0.25) is 0 Å². The third kappa shape index (κ3) is 5.63. The standard InChI is InChI=1S/C27H26FNO3S.ClH/c28-26-13-12-25(33-26)24-10-4-19-18-20(30)5-11-23(19)27(24)32-22-8-6-21(7-9-22)31-17-16-29-14-2-1-3-15-29;/h4-13,18,30H,1-3,14-17H2;1H. The summed E-state index contributed by atoms with van der Waals surface area (Å²) in [4.78, 5) is 3.24. The van der Waals surface area contributed by atoms with Crippen LogP contribution in [0.15, 0.2) is 66.7 Å². The number of ether oxygens (including phenoxy) is 2. The van der Waals surface area contributed by atoms with Gasteiger partial charge in [-0.25, -0.2) is 0 Å². The molecule has 3 aromatic carbocycles. The van der Waals surface area contributed by atoms with Crippen LogP contribution >= 0.6 is 23.7 Å². The van der Waals surface area contributed by atoms with Crippen LogP contribution in [0.1, 0.15) is 19.3 Å². The summed E-state index contributed by atoms with van der Waals surface area (Å²) >= 11 is 1.08. The van der Waals surface area contributed by atoms with Gasteiger partial charge < -0.3 is 14.6 Å². The van der Waals surface area contributed by atoms with Crippen molar-refractivity contribution >= 4 is 34.5 Å². The Labute approximate surface area is 209 Å². The van der Waals surface area contributed by atoms with Crippen molar-refractivity contribution in [2.75, 3.05) is 26.2 Å². The van der Waals surface area contributed by atoms with Gasteiger partial charge in [0.05, 0.1) is 0 Å². The molecule has 178 valence electrons. The number of hydrogen-bond donors (Lipinski definition) is 1. The zero-order valence-electron chi connectivity index (χ0n) is 18.7. The molecule has 4 nitrogen and oxygen atoms in total. The van der Waals surface area contributed by atoms with Crippen LogP contribution in [-0.2, 0) is 0 Å². The van der Waals surface area contributed by atoms with E-state index >= 15 is 0 Å². The van der Waals surface area contributed by atoms with E-state index < -0.39 is 0 Å². The topological polar surface area (TPSA) is 41.9 Å². The summed E-state index contributed by atoms with van der Waals surface area (Å²) in [5, 5.41) is 11.3. The zero-order valence-corrected chi connectivity index (χ0v) is 20.3. The summed E-state index contributed by atoms with van der Waals surface area (Å²) in [5.41, 5.74) is 0.809. The Morgan fingerprint density at radius 3 is 2.38 bits per heavy atom. The molecule has 5 rings (SSSR count). The van der Waals surface area contributed by atoms with E-state index in [1.165, 1.54) is 25.3 Å². The first-order valence-corrected chi connectivity index (χ1v) is 12.1. The summed E-state index contributed by atoms with van der Waals surface area (Å²) in [7, 11) is 0. The molecule has 7 heteroatoms. The van der Waals surface area contributed by atoms with Gasteiger partial charge in [-0.2, -0.15) is 4.39 Å². The average molecular weight is 500 g/mol. The molecule has 1 fully saturated rings. The van der Waals surface area contributed by atoms with E-state index in [1.54, 1.807) is 18.2 Å². The second kappa shape index (κ2) is 11.1. The number of rotatable bonds is 7. The van der Waals surface area contributed by atoms with Crippen molar-refractivity contribution in [3.8, 4) is 33.4 Å². The Morgan fingerprint density at radius 2 is 1.65 bits per heavy atom. The van der Waals surface area contributed by atoms with Gasteiger partial charge >= 0.3 is 0 Å². The van der Waals surface area contributed by atoms with E-state index in [2.05, 4.69) is 4.90 Å². The molecule has 1 aromatic heterocycles. The van der Waals surface area contributed by atoms with Crippen LogP contribution in [0.5, 0.6) is 23.0 Å². The SMILES string of the molecule is Cl.Oc1ccc2c(Oc3ccc(OCCN4CCCCC4)cc3)c(-c3ccc(F)s3)ccc2c1. The van der Waals surface area contributed by atoms with Crippen molar-refractivity contribution in [1.82, 2.24) is 4.90 Å². The van der Waals surface area contributed by atoms with Gasteiger partial charge in [-0.3, -0.25) is 4.90 Å². The minimum absolute atomic E-state index is 0. The molecule has 4 aromatic rings. The maximum atomic E-state index is 13.7. The first kappa shape index (κ1) is 24.3. The third-order valence-electron chi connectivity index (χ3n) is 5.96. The molecule has 1 N–H and O–H groups in total. The Morgan fingerprint density at radius 1 is 0.882 bits per heavy atom. The molecule has 0 aliphatic carbocycles. The molecule has 0 radical (unpaired) electrons. The lowest BCUT2D eigenvalue weighted by atomic mass is 10.0. The van der Waals surface area contributed by atoms with Gasteiger partial charge in [-0.15, -0.1) is 23.7 Å². The van der Waals surface area contributed by atoms with Crippen LogP contribution in [0.4, 0.5) is 4.39 Å². The maximum Gasteiger partial charge on any atom is 0.176 e. The molecule has 0 atom stereocenters. The van der Waals surface area contributed by atoms with Gasteiger partial charge in [-0.1, -0.05) is 12.5 Å². The average Bonchev–Trinajstić information content (AvgIpc) is 3.27. The minimum Gasteiger partial charge on any atom is -0.508 e. The Hall–Kier alpha value is -2.80. The fourth-order valence-corrected chi connectivity index (χ4v) is 5.00. The summed E-state index contributed by atoms with van der Waals surface area (Å²) in [6.45, 7) is 3.94. The predicted octanol–water partition coefficient (Wildman–Crippen LogP) is 7.49. The van der Waals surface area contributed by atoms with Crippen molar-refractivity contribution < 1.29 is 19.0 Å². The molecule has 0 bridgehead atoms. The van der Waals surface area contributed by atoms with Crippen LogP contribution < -0.4 is 9.47 Å². The normalized spacial score (nSPS) is 14.0. The highest BCUT2D eigenvalue weighted by atomic mass is 35.5. The number of halogens is 2. The van der Waals surface area contributed by atoms with Crippen LogP contribution in [0.3, 0.4) is 0 Å². The lowest BCUT2D eigenvalue weighted by Crippen LogP contribution is -2.33. The smallest absolute Gasteiger partial charge is 0.176 e. The zero-order chi connectivity index (χ0) is 22.6. The lowest BCUT2D eigenvalue weighted by molar-refractivity contribution is 0.183. The van der Waals surface area contributed by atoms with Crippen molar-refractivity contribution in [2.24, 2.45) is 0 Å². The largest absolute Gasteiger partial charge is 0.508 e. The van der Waals surface area contributed by atoms with Crippen LogP contribution in [0.25, 0.3) is 21.2 Å². The highest BCUT2D eigenvalue weighted by Gasteiger charge is 2.15. The minimum atomic E-state index is -0.243. The monoisotopic (exact) mass is 499 g/mol. The Kier molecular flexibility index (Phi) is 7.93. The van der Waals surface area contributed by atoms with Crippen LogP contribution in [-0.4, -0.2) is 36.2 Å². The lowest BCUT2D eigenvalue weighted by Gasteiger charge is -2.26. The summed E-state index contributed by atoms with van der Waals surface area (Å²) < 4.78 is 26.0. The highest BCUT2D eigenvalue weighted by molar-refractivity contribution is 7.13. The van der Waals surface area contributed by atoms with E-state index in [1.807, 2.05) is 42.5 Å². The van der Waals surface area contributed by atoms with E-state index in [0.29, 0.717) is 18.1 Å². The molecule has 0 saturated carbocycles. The molecule has 0 unspecified atom stereocenters. The van der Waals surface area contributed by atoms with E-state index in [-0.39, 0.29) is 23.3 Å². The number of nitrogens with zero attached hydrogens (tertiary/aromatic N) is 1. The molecule has 0 amide bonds. The fourth-order valence-electron chi connectivity index (χ4n) is 4.25. The number of phenols is 1. The van der Waals surface area contributed by atoms with Gasteiger partial charge in [0, 0.05) is 22.4 Å². The molecule has 1 aliphatic heterocycles. The maximum absolute atomic E-state index is 13.7. The van der Waals surface area contributed by atoms with Crippen molar-refractivity contribution in [1.29, 1.82) is 0 Å². The Balaban J connectivity index is 0.00000274. The first-order valence-electron chi connectivity index (χ1n) is 11.3. The number of aromatic hydroxyl groups is 1. The molecule has 0 spiro atoms. The van der Waals surface area contributed by atoms with Crippen LogP contribution in [0, 0.1) is 5.13 Å². The number of hydrogen-bond acceptors (Lipinski definition) is 5. The highest BCUT2D eigenvalue weighted by Crippen LogP contribution is 2.42. The van der Waals surface area contributed by atoms with Gasteiger partial charge in [0.15, 0.2) is 5.13 Å². The number of phenolic OH excluding ortho intramolecular Hbond substituents is 1. The molecule has 1 saturated heterocycles. The number of benzene rings is 3. The molecular formula is C27H27ClFNO3S. The number of fused-ring (bicyclic) bond motifs is 1. The fraction of sp³-hybridized carbons (Fsp3) is 0.259. The molecule has 2 heterocycles. The van der Waals surface area contributed by atoms with Crippen molar-refractivity contribution in [3.05, 3.63) is 71.9 Å². The van der Waals surface area contributed by atoms with Crippen molar-refractivity contribution in [2.45, 2.75) is 19.3 Å². The van der Waals surface area contributed by atoms with Crippen molar-refractivity contribution in [3.63, 3.8) is 0 Å². The second-order valence-corrected chi connectivity index (χ2v) is 9.31. The van der Waals surface area contributed by atoms with E-state index in [4.69, 9.17) is 9.47 Å². The van der Waals surface area contributed by atoms with E-state index in [0.717, 1.165) is 57.9 Å². The molecular weight excluding hydrogens is 473 g/mol. The quantitative estimate of drug-likeness (QED) is 0.286. The number of thiophene rings is 1. The number of piperidine rings is 1. The summed E-state index contributed by atoms with van der Waals surface area (Å²) in [5.74, 6) is 2.29. The summed E-state index contributed by atoms with van der Waals surface area (Å²) in [6.07, 6.45) is 3.89.